The number of aryl methyl sites for hydroxylation is 1. The molecule has 2 aromatic rings. The molecule has 0 amide bonds. The third-order valence-corrected chi connectivity index (χ3v) is 4.21. The summed E-state index contributed by atoms with van der Waals surface area (Å²) in [5.41, 5.74) is 7.34. The van der Waals surface area contributed by atoms with Crippen molar-refractivity contribution < 1.29 is 22.7 Å². The van der Waals surface area contributed by atoms with Crippen molar-refractivity contribution in [2.75, 3.05) is 18.9 Å². The normalized spacial score (nSPS) is 11.1. The summed E-state index contributed by atoms with van der Waals surface area (Å²) in [5, 5.41) is 5.00. The maximum Gasteiger partial charge on any atom is 0.340 e. The molecule has 0 aliphatic carbocycles. The van der Waals surface area contributed by atoms with Crippen LogP contribution in [0.2, 0.25) is 0 Å². The zero-order valence-corrected chi connectivity index (χ0v) is 13.9. The van der Waals surface area contributed by atoms with E-state index in [4.69, 9.17) is 20.3 Å². The van der Waals surface area contributed by atoms with Crippen molar-refractivity contribution in [1.82, 2.24) is 0 Å². The van der Waals surface area contributed by atoms with Crippen LogP contribution in [0.25, 0.3) is 0 Å². The van der Waals surface area contributed by atoms with Crippen LogP contribution in [-0.4, -0.2) is 27.6 Å². The number of para-hydroxylation sites is 1. The Kier molecular flexibility index (Phi) is 5.42. The molecule has 7 nitrogen and oxygen atoms in total. The number of nitrogens with two attached hydrogens (primary N) is 2. The summed E-state index contributed by atoms with van der Waals surface area (Å²) >= 11 is 0. The predicted octanol–water partition coefficient (Wildman–Crippen LogP) is 1.46. The zero-order chi connectivity index (χ0) is 17.7. The largest absolute Gasteiger partial charge is 0.490 e. The van der Waals surface area contributed by atoms with Crippen LogP contribution in [0.5, 0.6) is 5.75 Å². The maximum absolute atomic E-state index is 11.9. The number of benzene rings is 2. The molecule has 0 bridgehead atoms. The van der Waals surface area contributed by atoms with E-state index in [2.05, 4.69) is 0 Å². The highest BCUT2D eigenvalue weighted by molar-refractivity contribution is 7.89. The number of esters is 1. The molecular formula is C16H18N2O5S. The lowest BCUT2D eigenvalue weighted by molar-refractivity contribution is 0.0451. The highest BCUT2D eigenvalue weighted by atomic mass is 32.2. The number of ether oxygens (including phenoxy) is 2. The van der Waals surface area contributed by atoms with Gasteiger partial charge in [-0.05, 0) is 42.8 Å². The summed E-state index contributed by atoms with van der Waals surface area (Å²) < 4.78 is 32.7. The molecule has 2 rings (SSSR count). The minimum atomic E-state index is -3.73. The number of hydrogen-bond acceptors (Lipinski definition) is 6. The van der Waals surface area contributed by atoms with E-state index in [9.17, 15) is 13.2 Å². The van der Waals surface area contributed by atoms with Crippen molar-refractivity contribution in [3.63, 3.8) is 0 Å². The summed E-state index contributed by atoms with van der Waals surface area (Å²) in [7, 11) is -3.73. The van der Waals surface area contributed by atoms with Gasteiger partial charge in [-0.15, -0.1) is 0 Å². The smallest absolute Gasteiger partial charge is 0.340 e. The first kappa shape index (κ1) is 17.8. The number of carbonyl (C=O) groups is 1. The van der Waals surface area contributed by atoms with Crippen LogP contribution in [0, 0.1) is 6.92 Å². The zero-order valence-electron chi connectivity index (χ0n) is 13.1. The Balaban J connectivity index is 1.84. The second kappa shape index (κ2) is 7.33. The molecule has 128 valence electrons. The summed E-state index contributed by atoms with van der Waals surface area (Å²) in [5.74, 6) is -0.0853. The van der Waals surface area contributed by atoms with Crippen molar-refractivity contribution in [3.8, 4) is 5.75 Å². The predicted molar refractivity (Wildman–Crippen MR) is 89.2 cm³/mol. The first-order valence-electron chi connectivity index (χ1n) is 7.07. The van der Waals surface area contributed by atoms with E-state index >= 15 is 0 Å². The third kappa shape index (κ3) is 4.46. The van der Waals surface area contributed by atoms with Crippen molar-refractivity contribution in [3.05, 3.63) is 53.6 Å². The van der Waals surface area contributed by atoms with Crippen LogP contribution in [-0.2, 0) is 14.8 Å². The number of nitrogen functional groups attached to an aromatic ring is 1. The van der Waals surface area contributed by atoms with Gasteiger partial charge in [0.05, 0.1) is 10.5 Å². The number of anilines is 1. The van der Waals surface area contributed by atoms with E-state index in [1.807, 2.05) is 0 Å². The second-order valence-corrected chi connectivity index (χ2v) is 6.60. The Bertz CT molecular complexity index is 832. The molecule has 0 saturated heterocycles. The average Bonchev–Trinajstić information content (AvgIpc) is 2.53. The molecule has 0 aliphatic rings. The van der Waals surface area contributed by atoms with Crippen LogP contribution in [0.1, 0.15) is 15.9 Å². The Hall–Kier alpha value is -2.58. The first-order chi connectivity index (χ1) is 11.3. The molecule has 8 heteroatoms. The molecule has 0 aliphatic heterocycles. The molecule has 0 aromatic heterocycles. The lowest BCUT2D eigenvalue weighted by Gasteiger charge is -2.10. The molecule has 0 heterocycles. The highest BCUT2D eigenvalue weighted by Crippen LogP contribution is 2.17. The van der Waals surface area contributed by atoms with Gasteiger partial charge in [-0.3, -0.25) is 0 Å². The fourth-order valence-corrected chi connectivity index (χ4v) is 2.47. The van der Waals surface area contributed by atoms with Gasteiger partial charge >= 0.3 is 5.97 Å². The van der Waals surface area contributed by atoms with Gasteiger partial charge in [0, 0.05) is 5.69 Å². The number of sulfonamides is 1. The second-order valence-electron chi connectivity index (χ2n) is 5.04. The minimum Gasteiger partial charge on any atom is -0.490 e. The molecule has 0 unspecified atom stereocenters. The Labute approximate surface area is 140 Å². The van der Waals surface area contributed by atoms with Crippen molar-refractivity contribution in [2.24, 2.45) is 5.14 Å². The van der Waals surface area contributed by atoms with Gasteiger partial charge in [-0.25, -0.2) is 18.4 Å². The number of carbonyl (C=O) groups excluding carboxylic acids is 1. The lowest BCUT2D eigenvalue weighted by Crippen LogP contribution is -2.14. The summed E-state index contributed by atoms with van der Waals surface area (Å²) in [4.78, 5) is 11.9. The van der Waals surface area contributed by atoms with Crippen LogP contribution in [0.4, 0.5) is 5.69 Å². The SMILES string of the molecule is Cc1cccc(C(=O)OCCOc2ccc(S(N)(=O)=O)cc2)c1N. The topological polar surface area (TPSA) is 122 Å². The molecule has 0 fully saturated rings. The van der Waals surface area contributed by atoms with Gasteiger partial charge in [-0.2, -0.15) is 0 Å². The van der Waals surface area contributed by atoms with Crippen LogP contribution < -0.4 is 15.6 Å². The van der Waals surface area contributed by atoms with E-state index < -0.39 is 16.0 Å². The summed E-state index contributed by atoms with van der Waals surface area (Å²) in [6, 6.07) is 10.7. The van der Waals surface area contributed by atoms with E-state index in [0.717, 1.165) is 5.56 Å². The Morgan fingerprint density at radius 2 is 1.75 bits per heavy atom. The Morgan fingerprint density at radius 1 is 1.08 bits per heavy atom. The molecule has 0 spiro atoms. The third-order valence-electron chi connectivity index (χ3n) is 3.28. The van der Waals surface area contributed by atoms with Gasteiger partial charge in [-0.1, -0.05) is 12.1 Å². The molecular weight excluding hydrogens is 332 g/mol. The number of hydrogen-bond donors (Lipinski definition) is 2. The Morgan fingerprint density at radius 3 is 2.38 bits per heavy atom. The van der Waals surface area contributed by atoms with Gasteiger partial charge in [0.2, 0.25) is 10.0 Å². The van der Waals surface area contributed by atoms with Crippen molar-refractivity contribution in [2.45, 2.75) is 11.8 Å². The number of rotatable bonds is 6. The standard InChI is InChI=1S/C16H18N2O5S/c1-11-3-2-4-14(15(11)17)16(19)23-10-9-22-12-5-7-13(8-6-12)24(18,20)21/h2-8H,9-10,17H2,1H3,(H2,18,20,21). The number of primary sulfonamides is 1. The van der Waals surface area contributed by atoms with E-state index in [1.54, 1.807) is 25.1 Å². The van der Waals surface area contributed by atoms with E-state index in [-0.39, 0.29) is 18.1 Å². The highest BCUT2D eigenvalue weighted by Gasteiger charge is 2.12. The van der Waals surface area contributed by atoms with E-state index in [0.29, 0.717) is 17.0 Å². The monoisotopic (exact) mass is 350 g/mol. The lowest BCUT2D eigenvalue weighted by atomic mass is 10.1. The molecule has 0 radical (unpaired) electrons. The molecule has 4 N–H and O–H groups in total. The van der Waals surface area contributed by atoms with Crippen LogP contribution in [0.15, 0.2) is 47.4 Å². The quantitative estimate of drug-likeness (QED) is 0.462. The molecule has 24 heavy (non-hydrogen) atoms. The van der Waals surface area contributed by atoms with Gasteiger partial charge in [0.15, 0.2) is 0 Å². The minimum absolute atomic E-state index is 0.00352. The fraction of sp³-hybridized carbons (Fsp3) is 0.188. The van der Waals surface area contributed by atoms with Crippen molar-refractivity contribution >= 4 is 21.7 Å². The van der Waals surface area contributed by atoms with Crippen LogP contribution in [0.3, 0.4) is 0 Å². The maximum atomic E-state index is 11.9. The van der Waals surface area contributed by atoms with Gasteiger partial charge in [0.25, 0.3) is 0 Å². The molecule has 0 saturated carbocycles. The molecule has 2 aromatic carbocycles. The van der Waals surface area contributed by atoms with E-state index in [1.165, 1.54) is 24.3 Å². The summed E-state index contributed by atoms with van der Waals surface area (Å²) in [6.45, 7) is 1.95. The van der Waals surface area contributed by atoms with Crippen LogP contribution >= 0.6 is 0 Å². The van der Waals surface area contributed by atoms with Crippen molar-refractivity contribution in [1.29, 1.82) is 0 Å². The van der Waals surface area contributed by atoms with Gasteiger partial charge < -0.3 is 15.2 Å². The first-order valence-corrected chi connectivity index (χ1v) is 8.61. The van der Waals surface area contributed by atoms with Gasteiger partial charge in [0.1, 0.15) is 19.0 Å². The average molecular weight is 350 g/mol. The fourth-order valence-electron chi connectivity index (χ4n) is 1.96. The molecule has 0 atom stereocenters. The summed E-state index contributed by atoms with van der Waals surface area (Å²) in [6.07, 6.45) is 0.